The van der Waals surface area contributed by atoms with E-state index in [0.29, 0.717) is 29.3 Å². The predicted molar refractivity (Wildman–Crippen MR) is 128 cm³/mol. The third-order valence-electron chi connectivity index (χ3n) is 6.22. The number of rotatable bonds is 4. The summed E-state index contributed by atoms with van der Waals surface area (Å²) in [6, 6.07) is 4.20. The topological polar surface area (TPSA) is 88.8 Å². The summed E-state index contributed by atoms with van der Waals surface area (Å²) in [7, 11) is 3.22. The van der Waals surface area contributed by atoms with Gasteiger partial charge in [-0.05, 0) is 37.5 Å². The van der Waals surface area contributed by atoms with Crippen molar-refractivity contribution < 1.29 is 9.47 Å². The van der Waals surface area contributed by atoms with E-state index in [9.17, 15) is 0 Å². The van der Waals surface area contributed by atoms with Crippen LogP contribution in [0.15, 0.2) is 12.1 Å². The molecular formula is C22H32N6O2S. The quantitative estimate of drug-likeness (QED) is 0.691. The second-order valence-electron chi connectivity index (χ2n) is 8.25. The standard InChI is InChI=1S/C22H32N6O2S/c1-29-18-13-16-17(14-19(18)30-2)25-21(26-20(16)23)27-9-6-10-28(12-11-27)22(31)24-15-7-4-3-5-8-15/h13-15H,3-12H2,1-2H3,(H,24,31)(H2,23,25,26). The SMILES string of the molecule is COc1cc2nc(N3CCCN(C(=S)NC4CCCCC4)CC3)nc(N)c2cc1OC. The number of aromatic nitrogens is 2. The number of nitrogen functional groups attached to an aromatic ring is 1. The summed E-state index contributed by atoms with van der Waals surface area (Å²) in [6.45, 7) is 3.43. The monoisotopic (exact) mass is 444 g/mol. The van der Waals surface area contributed by atoms with Crippen LogP contribution >= 0.6 is 12.2 Å². The molecule has 1 aromatic heterocycles. The summed E-state index contributed by atoms with van der Waals surface area (Å²) in [5, 5.41) is 5.23. The number of methoxy groups -OCH3 is 2. The average molecular weight is 445 g/mol. The number of thiocarbonyl (C=S) groups is 1. The summed E-state index contributed by atoms with van der Waals surface area (Å²) in [5.41, 5.74) is 7.03. The average Bonchev–Trinajstić information content (AvgIpc) is 3.05. The first-order valence-electron chi connectivity index (χ1n) is 11.1. The molecule has 1 saturated carbocycles. The molecule has 1 aliphatic heterocycles. The summed E-state index contributed by atoms with van der Waals surface area (Å²) in [6.07, 6.45) is 7.37. The van der Waals surface area contributed by atoms with Crippen molar-refractivity contribution in [1.82, 2.24) is 20.2 Å². The Labute approximate surface area is 189 Å². The maximum absolute atomic E-state index is 6.28. The first-order valence-corrected chi connectivity index (χ1v) is 11.5. The van der Waals surface area contributed by atoms with Gasteiger partial charge in [-0.25, -0.2) is 4.98 Å². The summed E-state index contributed by atoms with van der Waals surface area (Å²) in [4.78, 5) is 13.8. The molecule has 2 heterocycles. The van der Waals surface area contributed by atoms with Crippen LogP contribution in [0, 0.1) is 0 Å². The molecule has 8 nitrogen and oxygen atoms in total. The molecule has 1 aliphatic carbocycles. The van der Waals surface area contributed by atoms with Crippen LogP contribution in [-0.4, -0.2) is 66.4 Å². The molecule has 9 heteroatoms. The Hall–Kier alpha value is -2.55. The molecule has 1 saturated heterocycles. The van der Waals surface area contributed by atoms with Crippen molar-refractivity contribution in [1.29, 1.82) is 0 Å². The lowest BCUT2D eigenvalue weighted by Gasteiger charge is -2.30. The van der Waals surface area contributed by atoms with Crippen LogP contribution in [0.5, 0.6) is 11.5 Å². The van der Waals surface area contributed by atoms with Crippen molar-refractivity contribution in [2.75, 3.05) is 51.0 Å². The van der Waals surface area contributed by atoms with E-state index in [0.717, 1.165) is 48.6 Å². The fourth-order valence-corrected chi connectivity index (χ4v) is 4.79. The van der Waals surface area contributed by atoms with Gasteiger partial charge in [0.05, 0.1) is 19.7 Å². The van der Waals surface area contributed by atoms with Gasteiger partial charge in [-0.3, -0.25) is 0 Å². The molecule has 0 unspecified atom stereocenters. The molecule has 31 heavy (non-hydrogen) atoms. The van der Waals surface area contributed by atoms with E-state index in [2.05, 4.69) is 20.1 Å². The number of benzene rings is 1. The zero-order valence-electron chi connectivity index (χ0n) is 18.4. The van der Waals surface area contributed by atoms with Gasteiger partial charge in [0.2, 0.25) is 5.95 Å². The van der Waals surface area contributed by atoms with Gasteiger partial charge >= 0.3 is 0 Å². The molecule has 2 aliphatic rings. The van der Waals surface area contributed by atoms with Gasteiger partial charge in [0.15, 0.2) is 16.6 Å². The molecule has 168 valence electrons. The highest BCUT2D eigenvalue weighted by atomic mass is 32.1. The van der Waals surface area contributed by atoms with Crippen LogP contribution in [-0.2, 0) is 0 Å². The molecule has 0 bridgehead atoms. The summed E-state index contributed by atoms with van der Waals surface area (Å²) >= 11 is 5.72. The molecular weight excluding hydrogens is 412 g/mol. The highest BCUT2D eigenvalue weighted by Gasteiger charge is 2.22. The van der Waals surface area contributed by atoms with Gasteiger partial charge in [0.1, 0.15) is 5.82 Å². The minimum Gasteiger partial charge on any atom is -0.493 e. The smallest absolute Gasteiger partial charge is 0.227 e. The lowest BCUT2D eigenvalue weighted by atomic mass is 9.96. The Balaban J connectivity index is 1.47. The second kappa shape index (κ2) is 9.72. The van der Waals surface area contributed by atoms with Gasteiger partial charge < -0.3 is 30.3 Å². The number of hydrogen-bond donors (Lipinski definition) is 2. The van der Waals surface area contributed by atoms with Crippen molar-refractivity contribution in [2.24, 2.45) is 0 Å². The maximum Gasteiger partial charge on any atom is 0.227 e. The normalized spacial score (nSPS) is 18.0. The van der Waals surface area contributed by atoms with Crippen molar-refractivity contribution in [2.45, 2.75) is 44.6 Å². The first-order chi connectivity index (χ1) is 15.1. The van der Waals surface area contributed by atoms with E-state index in [1.807, 2.05) is 12.1 Å². The number of fused-ring (bicyclic) bond motifs is 1. The van der Waals surface area contributed by atoms with Gasteiger partial charge in [-0.15, -0.1) is 0 Å². The van der Waals surface area contributed by atoms with E-state index >= 15 is 0 Å². The third-order valence-corrected chi connectivity index (χ3v) is 6.59. The van der Waals surface area contributed by atoms with Crippen LogP contribution in [0.1, 0.15) is 38.5 Å². The minimum absolute atomic E-state index is 0.441. The van der Waals surface area contributed by atoms with Crippen molar-refractivity contribution in [3.05, 3.63) is 12.1 Å². The van der Waals surface area contributed by atoms with Crippen molar-refractivity contribution in [3.63, 3.8) is 0 Å². The number of nitrogens with zero attached hydrogens (tertiary/aromatic N) is 4. The van der Waals surface area contributed by atoms with Crippen LogP contribution < -0.4 is 25.4 Å². The van der Waals surface area contributed by atoms with Crippen molar-refractivity contribution in [3.8, 4) is 11.5 Å². The Morgan fingerprint density at radius 3 is 2.48 bits per heavy atom. The van der Waals surface area contributed by atoms with E-state index in [4.69, 9.17) is 32.4 Å². The first kappa shape index (κ1) is 21.7. The number of anilines is 2. The number of nitrogens with one attached hydrogen (secondary N) is 1. The Morgan fingerprint density at radius 1 is 1.00 bits per heavy atom. The number of nitrogens with two attached hydrogens (primary N) is 1. The minimum atomic E-state index is 0.441. The molecule has 4 rings (SSSR count). The molecule has 2 aromatic rings. The molecule has 0 radical (unpaired) electrons. The van der Waals surface area contributed by atoms with Gasteiger partial charge in [-0.2, -0.15) is 4.98 Å². The van der Waals surface area contributed by atoms with Gasteiger partial charge in [0.25, 0.3) is 0 Å². The lowest BCUT2D eigenvalue weighted by molar-refractivity contribution is 0.356. The molecule has 3 N–H and O–H groups in total. The molecule has 1 aromatic carbocycles. The van der Waals surface area contributed by atoms with E-state index in [1.54, 1.807) is 14.2 Å². The molecule has 0 spiro atoms. The van der Waals surface area contributed by atoms with Crippen molar-refractivity contribution >= 4 is 40.0 Å². The molecule has 2 fully saturated rings. The highest BCUT2D eigenvalue weighted by molar-refractivity contribution is 7.80. The zero-order chi connectivity index (χ0) is 21.8. The fraction of sp³-hybridized carbons (Fsp3) is 0.591. The number of ether oxygens (including phenoxy) is 2. The van der Waals surface area contributed by atoms with Gasteiger partial charge in [0, 0.05) is 43.7 Å². The van der Waals surface area contributed by atoms with Crippen LogP contribution in [0.2, 0.25) is 0 Å². The van der Waals surface area contributed by atoms with E-state index in [1.165, 1.54) is 32.1 Å². The third kappa shape index (κ3) is 4.87. The zero-order valence-corrected chi connectivity index (χ0v) is 19.2. The van der Waals surface area contributed by atoms with E-state index in [-0.39, 0.29) is 0 Å². The Bertz CT molecular complexity index is 934. The Kier molecular flexibility index (Phi) is 6.80. The molecule has 0 amide bonds. The largest absolute Gasteiger partial charge is 0.493 e. The second-order valence-corrected chi connectivity index (χ2v) is 8.63. The Morgan fingerprint density at radius 2 is 1.74 bits per heavy atom. The predicted octanol–water partition coefficient (Wildman–Crippen LogP) is 2.95. The van der Waals surface area contributed by atoms with E-state index < -0.39 is 0 Å². The number of hydrogen-bond acceptors (Lipinski definition) is 7. The van der Waals surface area contributed by atoms with Crippen LogP contribution in [0.3, 0.4) is 0 Å². The van der Waals surface area contributed by atoms with Gasteiger partial charge in [-0.1, -0.05) is 19.3 Å². The maximum atomic E-state index is 6.28. The lowest BCUT2D eigenvalue weighted by Crippen LogP contribution is -2.46. The summed E-state index contributed by atoms with van der Waals surface area (Å²) < 4.78 is 10.8. The highest BCUT2D eigenvalue weighted by Crippen LogP contribution is 2.34. The van der Waals surface area contributed by atoms with Crippen LogP contribution in [0.4, 0.5) is 11.8 Å². The molecule has 0 atom stereocenters. The van der Waals surface area contributed by atoms with Crippen LogP contribution in [0.25, 0.3) is 10.9 Å². The summed E-state index contributed by atoms with van der Waals surface area (Å²) in [5.74, 6) is 2.32. The fourth-order valence-electron chi connectivity index (χ4n) is 4.44.